The highest BCUT2D eigenvalue weighted by atomic mass is 14.8. The zero-order chi connectivity index (χ0) is 9.47. The van der Waals surface area contributed by atoms with Gasteiger partial charge in [0.25, 0.3) is 0 Å². The zero-order valence-electron chi connectivity index (χ0n) is 8.00. The summed E-state index contributed by atoms with van der Waals surface area (Å²) in [6, 6.07) is 0.0741. The lowest BCUT2D eigenvalue weighted by molar-refractivity contribution is 0.444. The molecule has 3 nitrogen and oxygen atoms in total. The molecule has 3 heteroatoms. The van der Waals surface area contributed by atoms with Gasteiger partial charge >= 0.3 is 0 Å². The molecule has 0 aliphatic heterocycles. The van der Waals surface area contributed by atoms with Crippen molar-refractivity contribution >= 4 is 0 Å². The molecule has 0 saturated heterocycles. The smallest absolute Gasteiger partial charge is 0.0908 e. The van der Waals surface area contributed by atoms with Crippen LogP contribution in [0.15, 0.2) is 11.9 Å². The lowest BCUT2D eigenvalue weighted by Crippen LogP contribution is -2.28. The van der Waals surface area contributed by atoms with Crippen molar-refractivity contribution in [1.29, 1.82) is 0 Å². The topological polar surface area (TPSA) is 78.1 Å². The molecule has 2 rings (SSSR count). The van der Waals surface area contributed by atoms with Gasteiger partial charge in [-0.1, -0.05) is 0 Å². The van der Waals surface area contributed by atoms with Gasteiger partial charge in [0, 0.05) is 6.04 Å². The summed E-state index contributed by atoms with van der Waals surface area (Å²) >= 11 is 0. The maximum Gasteiger partial charge on any atom is 0.0908 e. The van der Waals surface area contributed by atoms with Crippen LogP contribution < -0.4 is 17.2 Å². The number of hydrogen-bond acceptors (Lipinski definition) is 3. The standard InChI is InChI=1S/C10H19N3/c11-8(5-9(12)13)7-1-2-10(6-7)3-4-10/h5,7-8H,1-4,6,11-13H2/t7-,8?/m0/s1. The molecule has 2 saturated carbocycles. The van der Waals surface area contributed by atoms with E-state index < -0.39 is 0 Å². The second kappa shape index (κ2) is 2.91. The summed E-state index contributed by atoms with van der Waals surface area (Å²) < 4.78 is 0. The van der Waals surface area contributed by atoms with Gasteiger partial charge in [0.15, 0.2) is 0 Å². The number of nitrogens with two attached hydrogens (primary N) is 3. The highest BCUT2D eigenvalue weighted by Crippen LogP contribution is 2.59. The Bertz CT molecular complexity index is 226. The fraction of sp³-hybridized carbons (Fsp3) is 0.800. The van der Waals surface area contributed by atoms with Crippen LogP contribution in [0.4, 0.5) is 0 Å². The van der Waals surface area contributed by atoms with Crippen molar-refractivity contribution in [2.45, 2.75) is 38.1 Å². The first-order valence-corrected chi connectivity index (χ1v) is 5.10. The minimum Gasteiger partial charge on any atom is -0.386 e. The Hall–Kier alpha value is -0.700. The van der Waals surface area contributed by atoms with Crippen LogP contribution in [0, 0.1) is 11.3 Å². The molecule has 6 N–H and O–H groups in total. The molecule has 1 spiro atoms. The van der Waals surface area contributed by atoms with E-state index in [-0.39, 0.29) is 6.04 Å². The molecule has 74 valence electrons. The van der Waals surface area contributed by atoms with Gasteiger partial charge in [-0.2, -0.15) is 0 Å². The second-order valence-corrected chi connectivity index (χ2v) is 4.75. The van der Waals surface area contributed by atoms with Crippen molar-refractivity contribution in [3.05, 3.63) is 11.9 Å². The zero-order valence-corrected chi connectivity index (χ0v) is 8.00. The average Bonchev–Trinajstić information content (AvgIpc) is 2.59. The fourth-order valence-corrected chi connectivity index (χ4v) is 2.57. The monoisotopic (exact) mass is 181 g/mol. The van der Waals surface area contributed by atoms with E-state index in [1.165, 1.54) is 32.1 Å². The van der Waals surface area contributed by atoms with Crippen molar-refractivity contribution in [3.8, 4) is 0 Å². The third-order valence-corrected chi connectivity index (χ3v) is 3.63. The van der Waals surface area contributed by atoms with Crippen molar-refractivity contribution in [3.63, 3.8) is 0 Å². The predicted octanol–water partition coefficient (Wildman–Crippen LogP) is 0.653. The molecule has 0 amide bonds. The van der Waals surface area contributed by atoms with E-state index in [2.05, 4.69) is 0 Å². The van der Waals surface area contributed by atoms with Gasteiger partial charge in [-0.05, 0) is 49.5 Å². The maximum absolute atomic E-state index is 5.99. The first-order valence-electron chi connectivity index (χ1n) is 5.10. The summed E-state index contributed by atoms with van der Waals surface area (Å²) in [4.78, 5) is 0. The normalized spacial score (nSPS) is 31.6. The van der Waals surface area contributed by atoms with Crippen molar-refractivity contribution in [2.24, 2.45) is 28.5 Å². The van der Waals surface area contributed by atoms with Gasteiger partial charge in [-0.25, -0.2) is 0 Å². The summed E-state index contributed by atoms with van der Waals surface area (Å²) in [7, 11) is 0. The van der Waals surface area contributed by atoms with Crippen molar-refractivity contribution in [2.75, 3.05) is 0 Å². The minimum atomic E-state index is 0.0741. The van der Waals surface area contributed by atoms with Gasteiger partial charge < -0.3 is 17.2 Å². The molecule has 0 aromatic heterocycles. The van der Waals surface area contributed by atoms with E-state index in [0.29, 0.717) is 17.2 Å². The lowest BCUT2D eigenvalue weighted by Gasteiger charge is -2.15. The largest absolute Gasteiger partial charge is 0.386 e. The summed E-state index contributed by atoms with van der Waals surface area (Å²) in [6.07, 6.45) is 8.54. The van der Waals surface area contributed by atoms with Gasteiger partial charge in [0.05, 0.1) is 5.82 Å². The fourth-order valence-electron chi connectivity index (χ4n) is 2.57. The van der Waals surface area contributed by atoms with Crippen LogP contribution in [0.25, 0.3) is 0 Å². The molecule has 0 bridgehead atoms. The Morgan fingerprint density at radius 1 is 1.31 bits per heavy atom. The van der Waals surface area contributed by atoms with E-state index in [9.17, 15) is 0 Å². The van der Waals surface area contributed by atoms with Gasteiger partial charge in [0.1, 0.15) is 0 Å². The molecular formula is C10H19N3. The van der Waals surface area contributed by atoms with E-state index in [1.807, 2.05) is 0 Å². The molecule has 0 aromatic rings. The SMILES string of the molecule is NC(N)=CC(N)[C@H]1CCC2(CC2)C1. The quantitative estimate of drug-likeness (QED) is 0.585. The summed E-state index contributed by atoms with van der Waals surface area (Å²) in [6.45, 7) is 0. The first kappa shape index (κ1) is 8.88. The lowest BCUT2D eigenvalue weighted by atomic mass is 9.96. The molecule has 0 aromatic carbocycles. The molecule has 0 radical (unpaired) electrons. The molecule has 1 unspecified atom stereocenters. The molecular weight excluding hydrogens is 162 g/mol. The summed E-state index contributed by atoms with van der Waals surface area (Å²) in [5, 5.41) is 0. The van der Waals surface area contributed by atoms with E-state index >= 15 is 0 Å². The van der Waals surface area contributed by atoms with Crippen molar-refractivity contribution < 1.29 is 0 Å². The van der Waals surface area contributed by atoms with Gasteiger partial charge in [-0.15, -0.1) is 0 Å². The predicted molar refractivity (Wildman–Crippen MR) is 53.4 cm³/mol. The summed E-state index contributed by atoms with van der Waals surface area (Å²) in [5.41, 5.74) is 17.5. The van der Waals surface area contributed by atoms with Crippen LogP contribution in [-0.4, -0.2) is 6.04 Å². The van der Waals surface area contributed by atoms with Crippen LogP contribution in [0.3, 0.4) is 0 Å². The highest BCUT2D eigenvalue weighted by Gasteiger charge is 2.48. The number of rotatable bonds is 2. The van der Waals surface area contributed by atoms with Gasteiger partial charge in [0.2, 0.25) is 0 Å². The summed E-state index contributed by atoms with van der Waals surface area (Å²) in [5.74, 6) is 0.980. The Balaban J connectivity index is 1.91. The third-order valence-electron chi connectivity index (χ3n) is 3.63. The van der Waals surface area contributed by atoms with E-state index in [1.54, 1.807) is 6.08 Å². The van der Waals surface area contributed by atoms with Gasteiger partial charge in [-0.3, -0.25) is 0 Å². The Morgan fingerprint density at radius 2 is 2.00 bits per heavy atom. The van der Waals surface area contributed by atoms with E-state index in [4.69, 9.17) is 17.2 Å². The molecule has 2 fully saturated rings. The Kier molecular flexibility index (Phi) is 1.99. The Morgan fingerprint density at radius 3 is 2.46 bits per heavy atom. The van der Waals surface area contributed by atoms with E-state index in [0.717, 1.165) is 0 Å². The minimum absolute atomic E-state index is 0.0741. The van der Waals surface area contributed by atoms with Crippen LogP contribution in [0.2, 0.25) is 0 Å². The highest BCUT2D eigenvalue weighted by molar-refractivity contribution is 5.07. The molecule has 2 atom stereocenters. The molecule has 2 aliphatic rings. The second-order valence-electron chi connectivity index (χ2n) is 4.75. The van der Waals surface area contributed by atoms with Crippen LogP contribution in [0.5, 0.6) is 0 Å². The first-order chi connectivity index (χ1) is 6.11. The molecule has 13 heavy (non-hydrogen) atoms. The third kappa shape index (κ3) is 1.80. The maximum atomic E-state index is 5.99. The van der Waals surface area contributed by atoms with Crippen LogP contribution >= 0.6 is 0 Å². The molecule has 2 aliphatic carbocycles. The van der Waals surface area contributed by atoms with Crippen molar-refractivity contribution in [1.82, 2.24) is 0 Å². The average molecular weight is 181 g/mol. The molecule has 0 heterocycles. The van der Waals surface area contributed by atoms with Crippen LogP contribution in [-0.2, 0) is 0 Å². The van der Waals surface area contributed by atoms with Crippen LogP contribution in [0.1, 0.15) is 32.1 Å². The number of hydrogen-bond donors (Lipinski definition) is 3. The Labute approximate surface area is 79.3 Å².